The third-order valence-electron chi connectivity index (χ3n) is 2.57. The van der Waals surface area contributed by atoms with Crippen LogP contribution in [0, 0.1) is 13.8 Å². The normalized spacial score (nSPS) is 17.4. The number of rotatable bonds is 0. The van der Waals surface area contributed by atoms with Gasteiger partial charge in [0.25, 0.3) is 0 Å². The van der Waals surface area contributed by atoms with Crippen LogP contribution in [0.3, 0.4) is 0 Å². The first-order valence-electron chi connectivity index (χ1n) is 4.29. The Balaban J connectivity index is 0.000000980. The number of benzene rings is 1. The Bertz CT molecular complexity index is 402. The Hall–Kier alpha value is 0.903. The Kier molecular flexibility index (Phi) is 6.37. The fourth-order valence-electron chi connectivity index (χ4n) is 1.79. The van der Waals surface area contributed by atoms with Crippen molar-refractivity contribution in [2.45, 2.75) is 17.5 Å². The first-order chi connectivity index (χ1) is 6.11. The molecule has 1 aliphatic carbocycles. The molecule has 79 valence electrons. The minimum atomic E-state index is 0. The second kappa shape index (κ2) is 6.00. The van der Waals surface area contributed by atoms with Crippen molar-refractivity contribution < 1.29 is 49.5 Å². The summed E-state index contributed by atoms with van der Waals surface area (Å²) in [6, 6.07) is 4.43. The smallest absolute Gasteiger partial charge is 1.00 e. The standard InChI is InChI=1S/C11H10Br.2ClH.Zr/c1-7-3-4-8(2)11-6-9(12)5-10(7)11;;;/h3-6H,1-2H3;2*1H;/q;;;+2/p-2. The molecule has 4 heteroatoms. The SMILES string of the molecule is Cc1ccc(C)c2c1C=C(Br)[CH]2[Zr+2].[Cl-].[Cl-]. The molecule has 1 atom stereocenters. The van der Waals surface area contributed by atoms with E-state index in [9.17, 15) is 0 Å². The van der Waals surface area contributed by atoms with E-state index < -0.39 is 0 Å². The van der Waals surface area contributed by atoms with Crippen molar-refractivity contribution in [1.29, 1.82) is 0 Å². The van der Waals surface area contributed by atoms with Gasteiger partial charge in [-0.15, -0.1) is 0 Å². The third kappa shape index (κ3) is 2.77. The zero-order valence-electron chi connectivity index (χ0n) is 8.44. The summed E-state index contributed by atoms with van der Waals surface area (Å²) in [5.41, 5.74) is 5.79. The van der Waals surface area contributed by atoms with E-state index in [1.54, 1.807) is 24.7 Å². The maximum absolute atomic E-state index is 3.64. The number of halogens is 3. The molecule has 0 aromatic heterocycles. The topological polar surface area (TPSA) is 0 Å². The molecule has 1 aromatic carbocycles. The predicted molar refractivity (Wildman–Crippen MR) is 55.6 cm³/mol. The molecule has 1 aliphatic rings. The number of hydrogen-bond acceptors (Lipinski definition) is 0. The molecule has 0 amide bonds. The molecule has 0 saturated heterocycles. The van der Waals surface area contributed by atoms with Crippen LogP contribution in [-0.4, -0.2) is 0 Å². The van der Waals surface area contributed by atoms with Crippen LogP contribution >= 0.6 is 15.9 Å². The largest absolute Gasteiger partial charge is 1.00 e. The van der Waals surface area contributed by atoms with Gasteiger partial charge in [0, 0.05) is 0 Å². The van der Waals surface area contributed by atoms with Crippen molar-refractivity contribution in [3.63, 3.8) is 0 Å². The van der Waals surface area contributed by atoms with E-state index in [1.807, 2.05) is 0 Å². The number of allylic oxidation sites excluding steroid dienone is 1. The summed E-state index contributed by atoms with van der Waals surface area (Å²) in [6.45, 7) is 4.39. The van der Waals surface area contributed by atoms with Crippen LogP contribution in [0.5, 0.6) is 0 Å². The van der Waals surface area contributed by atoms with Gasteiger partial charge in [-0.25, -0.2) is 0 Å². The summed E-state index contributed by atoms with van der Waals surface area (Å²) >= 11 is 5.20. The van der Waals surface area contributed by atoms with Crippen molar-refractivity contribution >= 4 is 22.0 Å². The van der Waals surface area contributed by atoms with Gasteiger partial charge in [-0.1, -0.05) is 0 Å². The van der Waals surface area contributed by atoms with Gasteiger partial charge in [0.15, 0.2) is 0 Å². The van der Waals surface area contributed by atoms with E-state index >= 15 is 0 Å². The van der Waals surface area contributed by atoms with Gasteiger partial charge in [-0.05, 0) is 0 Å². The van der Waals surface area contributed by atoms with E-state index in [0.29, 0.717) is 3.63 Å². The molecule has 0 aliphatic heterocycles. The number of fused-ring (bicyclic) bond motifs is 1. The monoisotopic (exact) mass is 381 g/mol. The van der Waals surface area contributed by atoms with Crippen LogP contribution in [0.15, 0.2) is 16.6 Å². The van der Waals surface area contributed by atoms with Gasteiger partial charge in [0.1, 0.15) is 0 Å². The first kappa shape index (κ1) is 15.9. The fourth-order valence-corrected chi connectivity index (χ4v) is 3.39. The molecule has 0 N–H and O–H groups in total. The molecular formula is C11H10BrCl2Zr. The van der Waals surface area contributed by atoms with Crippen molar-refractivity contribution in [2.24, 2.45) is 0 Å². The van der Waals surface area contributed by atoms with Gasteiger partial charge < -0.3 is 24.8 Å². The maximum atomic E-state index is 3.64. The van der Waals surface area contributed by atoms with Gasteiger partial charge >= 0.3 is 103 Å². The molecule has 0 spiro atoms. The quantitative estimate of drug-likeness (QED) is 0.470. The molecule has 2 rings (SSSR count). The third-order valence-corrected chi connectivity index (χ3v) is 5.77. The zero-order valence-corrected chi connectivity index (χ0v) is 14.0. The van der Waals surface area contributed by atoms with E-state index in [2.05, 4.69) is 48.0 Å². The zero-order chi connectivity index (χ0) is 9.59. The van der Waals surface area contributed by atoms with Crippen LogP contribution in [0.25, 0.3) is 6.08 Å². The minimum absolute atomic E-state index is 0. The summed E-state index contributed by atoms with van der Waals surface area (Å²) in [4.78, 5) is 0. The van der Waals surface area contributed by atoms with Crippen molar-refractivity contribution in [3.8, 4) is 0 Å². The van der Waals surface area contributed by atoms with Crippen LogP contribution < -0.4 is 24.8 Å². The van der Waals surface area contributed by atoms with E-state index in [4.69, 9.17) is 0 Å². The molecule has 0 radical (unpaired) electrons. The summed E-state index contributed by atoms with van der Waals surface area (Å²) in [7, 11) is 0. The number of hydrogen-bond donors (Lipinski definition) is 0. The summed E-state index contributed by atoms with van der Waals surface area (Å²) in [5, 5.41) is 0. The molecule has 0 nitrogen and oxygen atoms in total. The van der Waals surface area contributed by atoms with Crippen LogP contribution in [0.4, 0.5) is 0 Å². The maximum Gasteiger partial charge on any atom is -1.00 e. The average Bonchev–Trinajstić information content (AvgIpc) is 2.38. The average molecular weight is 384 g/mol. The van der Waals surface area contributed by atoms with Gasteiger partial charge in [0.05, 0.1) is 0 Å². The Morgan fingerprint density at radius 2 is 1.67 bits per heavy atom. The number of aryl methyl sites for hydroxylation is 2. The summed E-state index contributed by atoms with van der Waals surface area (Å²) in [5.74, 6) is 0. The second-order valence-corrected chi connectivity index (χ2v) is 5.82. The van der Waals surface area contributed by atoms with Crippen LogP contribution in [-0.2, 0) is 24.7 Å². The Labute approximate surface area is 127 Å². The Morgan fingerprint density at radius 3 is 2.20 bits per heavy atom. The van der Waals surface area contributed by atoms with E-state index in [1.165, 1.54) is 26.7 Å². The van der Waals surface area contributed by atoms with Gasteiger partial charge in [0.2, 0.25) is 0 Å². The molecule has 0 fully saturated rings. The molecule has 0 saturated carbocycles. The first-order valence-corrected chi connectivity index (χ1v) is 6.51. The van der Waals surface area contributed by atoms with Crippen molar-refractivity contribution in [1.82, 2.24) is 0 Å². The molecule has 0 heterocycles. The summed E-state index contributed by atoms with van der Waals surface area (Å²) in [6.07, 6.45) is 2.27. The Morgan fingerprint density at radius 1 is 1.13 bits per heavy atom. The minimum Gasteiger partial charge on any atom is -1.00 e. The predicted octanol–water partition coefficient (Wildman–Crippen LogP) is -2.35. The van der Waals surface area contributed by atoms with Crippen molar-refractivity contribution in [2.75, 3.05) is 0 Å². The molecule has 0 bridgehead atoms. The second-order valence-electron chi connectivity index (χ2n) is 3.49. The van der Waals surface area contributed by atoms with Gasteiger partial charge in [-0.3, -0.25) is 0 Å². The molecule has 15 heavy (non-hydrogen) atoms. The fraction of sp³-hybridized carbons (Fsp3) is 0.273. The molecule has 1 unspecified atom stereocenters. The van der Waals surface area contributed by atoms with Crippen molar-refractivity contribution in [3.05, 3.63) is 38.9 Å². The van der Waals surface area contributed by atoms with E-state index in [-0.39, 0.29) is 24.8 Å². The van der Waals surface area contributed by atoms with Gasteiger partial charge in [-0.2, -0.15) is 0 Å². The van der Waals surface area contributed by atoms with Crippen LogP contribution in [0.2, 0.25) is 0 Å². The molecule has 1 aromatic rings. The molecular weight excluding hydrogens is 374 g/mol. The van der Waals surface area contributed by atoms with E-state index in [0.717, 1.165) is 0 Å². The summed E-state index contributed by atoms with van der Waals surface area (Å²) < 4.78 is 1.97. The van der Waals surface area contributed by atoms with Crippen LogP contribution in [0.1, 0.15) is 25.9 Å².